The van der Waals surface area contributed by atoms with Crippen molar-refractivity contribution in [3.63, 3.8) is 0 Å². The molecule has 0 bridgehead atoms. The molecule has 0 aromatic heterocycles. The lowest BCUT2D eigenvalue weighted by atomic mass is 9.89. The predicted molar refractivity (Wildman–Crippen MR) is 77.7 cm³/mol. The minimum Gasteiger partial charge on any atom is -0.493 e. The Morgan fingerprint density at radius 2 is 2.00 bits per heavy atom. The molecular formula is C14H20BrNO3. The van der Waals surface area contributed by atoms with Crippen molar-refractivity contribution in [2.45, 2.75) is 18.9 Å². The van der Waals surface area contributed by atoms with Crippen LogP contribution in [0.3, 0.4) is 0 Å². The summed E-state index contributed by atoms with van der Waals surface area (Å²) in [5.74, 6) is 1.77. The van der Waals surface area contributed by atoms with Gasteiger partial charge in [0.15, 0.2) is 11.5 Å². The molecular weight excluding hydrogens is 310 g/mol. The van der Waals surface area contributed by atoms with E-state index in [9.17, 15) is 0 Å². The molecule has 19 heavy (non-hydrogen) atoms. The van der Waals surface area contributed by atoms with E-state index < -0.39 is 0 Å². The van der Waals surface area contributed by atoms with Crippen molar-refractivity contribution >= 4 is 15.9 Å². The van der Waals surface area contributed by atoms with Gasteiger partial charge in [-0.15, -0.1) is 0 Å². The zero-order valence-electron chi connectivity index (χ0n) is 11.3. The van der Waals surface area contributed by atoms with Gasteiger partial charge < -0.3 is 19.9 Å². The maximum atomic E-state index is 5.91. The van der Waals surface area contributed by atoms with Gasteiger partial charge in [0.2, 0.25) is 0 Å². The van der Waals surface area contributed by atoms with E-state index in [2.05, 4.69) is 15.9 Å². The largest absolute Gasteiger partial charge is 0.493 e. The Bertz CT molecular complexity index is 439. The molecule has 2 N–H and O–H groups in total. The number of ether oxygens (including phenoxy) is 3. The summed E-state index contributed by atoms with van der Waals surface area (Å²) in [7, 11) is 3.27. The van der Waals surface area contributed by atoms with Crippen LogP contribution in [0.2, 0.25) is 0 Å². The van der Waals surface area contributed by atoms with E-state index >= 15 is 0 Å². The van der Waals surface area contributed by atoms with Crippen LogP contribution in [0.4, 0.5) is 0 Å². The maximum Gasteiger partial charge on any atom is 0.161 e. The Hall–Kier alpha value is -0.780. The van der Waals surface area contributed by atoms with Gasteiger partial charge in [-0.2, -0.15) is 0 Å². The highest BCUT2D eigenvalue weighted by atomic mass is 79.9. The van der Waals surface area contributed by atoms with Gasteiger partial charge in [-0.05, 0) is 37.1 Å². The fourth-order valence-electron chi connectivity index (χ4n) is 2.52. The molecule has 1 heterocycles. The minimum absolute atomic E-state index is 0.0212. The molecule has 1 aromatic rings. The molecule has 0 radical (unpaired) electrons. The molecule has 0 spiro atoms. The van der Waals surface area contributed by atoms with Crippen LogP contribution in [0.25, 0.3) is 0 Å². The van der Waals surface area contributed by atoms with Crippen molar-refractivity contribution in [2.75, 3.05) is 27.4 Å². The Balaban J connectivity index is 2.37. The first-order valence-corrected chi connectivity index (χ1v) is 7.23. The van der Waals surface area contributed by atoms with Gasteiger partial charge >= 0.3 is 0 Å². The standard InChI is InChI=1S/C14H20BrNO3/c1-17-12-6-10(11(15)7-13(12)18-2)14-9(8-16)4-3-5-19-14/h6-7,9,14H,3-5,8,16H2,1-2H3. The van der Waals surface area contributed by atoms with Crippen molar-refractivity contribution < 1.29 is 14.2 Å². The molecule has 1 aliphatic rings. The van der Waals surface area contributed by atoms with E-state index in [1.807, 2.05) is 12.1 Å². The van der Waals surface area contributed by atoms with Gasteiger partial charge in [0.05, 0.1) is 20.3 Å². The number of hydrogen-bond acceptors (Lipinski definition) is 4. The summed E-state index contributed by atoms with van der Waals surface area (Å²) in [6, 6.07) is 3.89. The molecule has 1 aromatic carbocycles. The Morgan fingerprint density at radius 1 is 1.32 bits per heavy atom. The summed E-state index contributed by atoms with van der Waals surface area (Å²) in [5.41, 5.74) is 6.93. The average Bonchev–Trinajstić information content (AvgIpc) is 2.46. The molecule has 4 nitrogen and oxygen atoms in total. The summed E-state index contributed by atoms with van der Waals surface area (Å²) >= 11 is 3.59. The van der Waals surface area contributed by atoms with Crippen LogP contribution >= 0.6 is 15.9 Å². The first kappa shape index (κ1) is 14.6. The molecule has 0 amide bonds. The molecule has 106 valence electrons. The maximum absolute atomic E-state index is 5.91. The molecule has 0 saturated carbocycles. The lowest BCUT2D eigenvalue weighted by Gasteiger charge is -2.32. The zero-order valence-corrected chi connectivity index (χ0v) is 12.9. The second-order valence-corrected chi connectivity index (χ2v) is 5.51. The number of halogens is 1. The second-order valence-electron chi connectivity index (χ2n) is 4.66. The molecule has 1 aliphatic heterocycles. The van der Waals surface area contributed by atoms with Gasteiger partial charge in [0.1, 0.15) is 0 Å². The quantitative estimate of drug-likeness (QED) is 0.922. The Labute approximate surface area is 122 Å². The SMILES string of the molecule is COc1cc(Br)c(C2OCCCC2CN)cc1OC. The first-order valence-electron chi connectivity index (χ1n) is 6.44. The number of methoxy groups -OCH3 is 2. The molecule has 2 rings (SSSR count). The highest BCUT2D eigenvalue weighted by Crippen LogP contribution is 2.41. The first-order chi connectivity index (χ1) is 9.21. The van der Waals surface area contributed by atoms with Crippen LogP contribution in [0.15, 0.2) is 16.6 Å². The molecule has 2 atom stereocenters. The third-order valence-electron chi connectivity index (χ3n) is 3.56. The Morgan fingerprint density at radius 3 is 2.63 bits per heavy atom. The smallest absolute Gasteiger partial charge is 0.161 e. The van der Waals surface area contributed by atoms with Gasteiger partial charge in [0, 0.05) is 17.0 Å². The third kappa shape index (κ3) is 3.04. The van der Waals surface area contributed by atoms with Crippen LogP contribution in [0.1, 0.15) is 24.5 Å². The topological polar surface area (TPSA) is 53.7 Å². The Kier molecular flexibility index (Phi) is 5.07. The van der Waals surface area contributed by atoms with Crippen molar-refractivity contribution in [3.8, 4) is 11.5 Å². The van der Waals surface area contributed by atoms with E-state index in [0.717, 1.165) is 29.5 Å². The summed E-state index contributed by atoms with van der Waals surface area (Å²) in [6.07, 6.45) is 2.19. The molecule has 1 saturated heterocycles. The van der Waals surface area contributed by atoms with Crippen molar-refractivity contribution in [3.05, 3.63) is 22.2 Å². The highest BCUT2D eigenvalue weighted by Gasteiger charge is 2.29. The molecule has 0 aliphatic carbocycles. The lowest BCUT2D eigenvalue weighted by Crippen LogP contribution is -2.28. The molecule has 5 heteroatoms. The van der Waals surface area contributed by atoms with Gasteiger partial charge in [0.25, 0.3) is 0 Å². The lowest BCUT2D eigenvalue weighted by molar-refractivity contribution is -0.0256. The van der Waals surface area contributed by atoms with Crippen LogP contribution in [0.5, 0.6) is 11.5 Å². The predicted octanol–water partition coefficient (Wildman–Crippen LogP) is 2.89. The monoisotopic (exact) mass is 329 g/mol. The van der Waals surface area contributed by atoms with Crippen molar-refractivity contribution in [2.24, 2.45) is 11.7 Å². The van der Waals surface area contributed by atoms with Gasteiger partial charge in [-0.3, -0.25) is 0 Å². The van der Waals surface area contributed by atoms with Crippen LogP contribution in [-0.2, 0) is 4.74 Å². The fourth-order valence-corrected chi connectivity index (χ4v) is 3.06. The summed E-state index contributed by atoms with van der Waals surface area (Å²) in [5, 5.41) is 0. The average molecular weight is 330 g/mol. The number of hydrogen-bond donors (Lipinski definition) is 1. The summed E-state index contributed by atoms with van der Waals surface area (Å²) in [6.45, 7) is 1.41. The minimum atomic E-state index is 0.0212. The summed E-state index contributed by atoms with van der Waals surface area (Å²) in [4.78, 5) is 0. The van der Waals surface area contributed by atoms with E-state index in [4.69, 9.17) is 19.9 Å². The van der Waals surface area contributed by atoms with Crippen LogP contribution in [-0.4, -0.2) is 27.4 Å². The second kappa shape index (κ2) is 6.59. The summed E-state index contributed by atoms with van der Waals surface area (Å²) < 4.78 is 17.5. The molecule has 2 unspecified atom stereocenters. The molecule has 1 fully saturated rings. The van der Waals surface area contributed by atoms with Gasteiger partial charge in [-0.25, -0.2) is 0 Å². The van der Waals surface area contributed by atoms with Crippen molar-refractivity contribution in [1.29, 1.82) is 0 Å². The van der Waals surface area contributed by atoms with Crippen LogP contribution in [0, 0.1) is 5.92 Å². The normalized spacial score (nSPS) is 23.2. The van der Waals surface area contributed by atoms with E-state index in [-0.39, 0.29) is 6.10 Å². The third-order valence-corrected chi connectivity index (χ3v) is 4.24. The van der Waals surface area contributed by atoms with Crippen LogP contribution < -0.4 is 15.2 Å². The van der Waals surface area contributed by atoms with E-state index in [0.29, 0.717) is 24.0 Å². The van der Waals surface area contributed by atoms with E-state index in [1.165, 1.54) is 0 Å². The number of rotatable bonds is 4. The fraction of sp³-hybridized carbons (Fsp3) is 0.571. The number of benzene rings is 1. The van der Waals surface area contributed by atoms with Crippen molar-refractivity contribution in [1.82, 2.24) is 0 Å². The van der Waals surface area contributed by atoms with E-state index in [1.54, 1.807) is 14.2 Å². The highest BCUT2D eigenvalue weighted by molar-refractivity contribution is 9.10. The number of nitrogens with two attached hydrogens (primary N) is 1. The zero-order chi connectivity index (χ0) is 13.8. The van der Waals surface area contributed by atoms with Gasteiger partial charge in [-0.1, -0.05) is 15.9 Å².